The maximum Gasteiger partial charge on any atom is 0.301 e. The summed E-state index contributed by atoms with van der Waals surface area (Å²) in [6, 6.07) is 13.1. The average Bonchev–Trinajstić information content (AvgIpc) is 3.38. The van der Waals surface area contributed by atoms with E-state index < -0.39 is 17.7 Å². The Labute approximate surface area is 197 Å². The van der Waals surface area contributed by atoms with Gasteiger partial charge in [0.2, 0.25) is 0 Å². The lowest BCUT2D eigenvalue weighted by atomic mass is 9.93. The number of methoxy groups -OCH3 is 2. The second-order valence-corrected chi connectivity index (χ2v) is 8.36. The number of aryl methyl sites for hydroxylation is 1. The van der Waals surface area contributed by atoms with Crippen LogP contribution in [-0.4, -0.2) is 36.2 Å². The molecular formula is C26H26N2O6. The molecule has 8 nitrogen and oxygen atoms in total. The standard InChI is InChI=1S/C26H26N2O6/c1-14(2)16-6-8-17(9-7-16)23-22(24(29)18-10-11-19(32-4)20(13-18)33-5)25(30)26(31)28(23)21-12-15(3)34-27-21/h6-14,23,29H,1-5H3. The third kappa shape index (κ3) is 3.91. The van der Waals surface area contributed by atoms with Crippen molar-refractivity contribution in [1.29, 1.82) is 0 Å². The summed E-state index contributed by atoms with van der Waals surface area (Å²) in [6.07, 6.45) is 0. The highest BCUT2D eigenvalue weighted by atomic mass is 16.5. The third-order valence-electron chi connectivity index (χ3n) is 5.88. The van der Waals surface area contributed by atoms with Crippen LogP contribution in [0, 0.1) is 6.92 Å². The zero-order valence-electron chi connectivity index (χ0n) is 19.7. The molecule has 1 aliphatic heterocycles. The second-order valence-electron chi connectivity index (χ2n) is 8.36. The number of ether oxygens (including phenoxy) is 2. The predicted octanol–water partition coefficient (Wildman–Crippen LogP) is 4.75. The number of anilines is 1. The van der Waals surface area contributed by atoms with Gasteiger partial charge in [0.15, 0.2) is 17.3 Å². The van der Waals surface area contributed by atoms with Crippen LogP contribution in [0.25, 0.3) is 5.76 Å². The number of benzene rings is 2. The molecule has 1 amide bonds. The molecule has 0 bridgehead atoms. The van der Waals surface area contributed by atoms with Gasteiger partial charge < -0.3 is 19.1 Å². The monoisotopic (exact) mass is 462 g/mol. The van der Waals surface area contributed by atoms with Gasteiger partial charge in [0, 0.05) is 11.6 Å². The summed E-state index contributed by atoms with van der Waals surface area (Å²) in [5.74, 6) is -0.0804. The molecule has 2 heterocycles. The Bertz CT molecular complexity index is 1270. The van der Waals surface area contributed by atoms with Crippen LogP contribution in [0.1, 0.15) is 48.3 Å². The number of ketones is 1. The van der Waals surface area contributed by atoms with Crippen molar-refractivity contribution in [3.8, 4) is 11.5 Å². The lowest BCUT2D eigenvalue weighted by molar-refractivity contribution is -0.132. The van der Waals surface area contributed by atoms with Crippen molar-refractivity contribution in [2.75, 3.05) is 19.1 Å². The van der Waals surface area contributed by atoms with Crippen molar-refractivity contribution >= 4 is 23.3 Å². The molecule has 1 aromatic heterocycles. The minimum Gasteiger partial charge on any atom is -0.507 e. The SMILES string of the molecule is COc1ccc(C(O)=C2C(=O)C(=O)N(c3cc(C)on3)C2c2ccc(C(C)C)cc2)cc1OC. The fraction of sp³-hybridized carbons (Fsp3) is 0.269. The first kappa shape index (κ1) is 23.1. The number of aliphatic hydroxyl groups excluding tert-OH is 1. The number of amides is 1. The minimum absolute atomic E-state index is 0.0461. The Balaban J connectivity index is 1.92. The van der Waals surface area contributed by atoms with Gasteiger partial charge in [-0.3, -0.25) is 14.5 Å². The van der Waals surface area contributed by atoms with Gasteiger partial charge in [0.05, 0.1) is 25.8 Å². The molecule has 1 atom stereocenters. The molecule has 0 aliphatic carbocycles. The van der Waals surface area contributed by atoms with Crippen LogP contribution < -0.4 is 14.4 Å². The van der Waals surface area contributed by atoms with E-state index in [2.05, 4.69) is 19.0 Å². The van der Waals surface area contributed by atoms with Gasteiger partial charge >= 0.3 is 5.91 Å². The molecule has 3 aromatic rings. The molecule has 0 saturated carbocycles. The van der Waals surface area contributed by atoms with Gasteiger partial charge in [-0.15, -0.1) is 0 Å². The van der Waals surface area contributed by atoms with E-state index in [1.54, 1.807) is 31.2 Å². The molecular weight excluding hydrogens is 436 g/mol. The molecule has 1 unspecified atom stereocenters. The van der Waals surface area contributed by atoms with Crippen LogP contribution in [0.5, 0.6) is 11.5 Å². The zero-order chi connectivity index (χ0) is 24.6. The summed E-state index contributed by atoms with van der Waals surface area (Å²) >= 11 is 0. The number of rotatable bonds is 6. The minimum atomic E-state index is -0.890. The lowest BCUT2D eigenvalue weighted by Crippen LogP contribution is -2.29. The molecule has 0 radical (unpaired) electrons. The number of carbonyl (C=O) groups excluding carboxylic acids is 2. The smallest absolute Gasteiger partial charge is 0.301 e. The summed E-state index contributed by atoms with van der Waals surface area (Å²) in [5.41, 5.74) is 2.04. The Kier molecular flexibility index (Phi) is 6.15. The molecule has 34 heavy (non-hydrogen) atoms. The fourth-order valence-electron chi connectivity index (χ4n) is 4.05. The summed E-state index contributed by atoms with van der Waals surface area (Å²) in [7, 11) is 2.98. The Morgan fingerprint density at radius 1 is 1.03 bits per heavy atom. The number of aromatic nitrogens is 1. The number of nitrogens with zero attached hydrogens (tertiary/aromatic N) is 2. The molecule has 1 saturated heterocycles. The normalized spacial score (nSPS) is 17.5. The average molecular weight is 463 g/mol. The van der Waals surface area contributed by atoms with Crippen LogP contribution in [0.15, 0.2) is 58.6 Å². The molecule has 2 aromatic carbocycles. The van der Waals surface area contributed by atoms with Crippen LogP contribution in [0.2, 0.25) is 0 Å². The van der Waals surface area contributed by atoms with Gasteiger partial charge in [0.25, 0.3) is 5.78 Å². The van der Waals surface area contributed by atoms with E-state index in [1.165, 1.54) is 19.1 Å². The largest absolute Gasteiger partial charge is 0.507 e. The van der Waals surface area contributed by atoms with E-state index in [1.807, 2.05) is 24.3 Å². The van der Waals surface area contributed by atoms with Gasteiger partial charge in [-0.25, -0.2) is 0 Å². The Hall–Kier alpha value is -4.07. The van der Waals surface area contributed by atoms with E-state index in [0.717, 1.165) is 5.56 Å². The molecule has 4 rings (SSSR count). The molecule has 176 valence electrons. The highest BCUT2D eigenvalue weighted by molar-refractivity contribution is 6.51. The van der Waals surface area contributed by atoms with E-state index in [-0.39, 0.29) is 17.2 Å². The third-order valence-corrected chi connectivity index (χ3v) is 5.88. The van der Waals surface area contributed by atoms with E-state index in [9.17, 15) is 14.7 Å². The topological polar surface area (TPSA) is 102 Å². The zero-order valence-corrected chi connectivity index (χ0v) is 19.7. The van der Waals surface area contributed by atoms with Crippen molar-refractivity contribution in [3.05, 3.63) is 76.6 Å². The first-order valence-electron chi connectivity index (χ1n) is 10.8. The van der Waals surface area contributed by atoms with Gasteiger partial charge in [-0.2, -0.15) is 0 Å². The molecule has 0 spiro atoms. The van der Waals surface area contributed by atoms with Crippen molar-refractivity contribution in [2.45, 2.75) is 32.7 Å². The summed E-state index contributed by atoms with van der Waals surface area (Å²) < 4.78 is 15.8. The maximum atomic E-state index is 13.2. The predicted molar refractivity (Wildman–Crippen MR) is 126 cm³/mol. The number of Topliss-reactive ketones (excluding diaryl/α,β-unsaturated/α-hetero) is 1. The first-order valence-corrected chi connectivity index (χ1v) is 10.8. The molecule has 1 fully saturated rings. The highest BCUT2D eigenvalue weighted by Crippen LogP contribution is 2.43. The fourth-order valence-corrected chi connectivity index (χ4v) is 4.05. The first-order chi connectivity index (χ1) is 16.3. The number of carbonyl (C=O) groups is 2. The summed E-state index contributed by atoms with van der Waals surface area (Å²) in [6.45, 7) is 5.86. The summed E-state index contributed by atoms with van der Waals surface area (Å²) in [5, 5.41) is 15.2. The van der Waals surface area contributed by atoms with Crippen LogP contribution in [-0.2, 0) is 9.59 Å². The van der Waals surface area contributed by atoms with E-state index >= 15 is 0 Å². The lowest BCUT2D eigenvalue weighted by Gasteiger charge is -2.23. The highest BCUT2D eigenvalue weighted by Gasteiger charge is 2.48. The quantitative estimate of drug-likeness (QED) is 0.320. The van der Waals surface area contributed by atoms with E-state index in [4.69, 9.17) is 14.0 Å². The Morgan fingerprint density at radius 3 is 2.26 bits per heavy atom. The number of hydrogen-bond acceptors (Lipinski definition) is 7. The van der Waals surface area contributed by atoms with Gasteiger partial charge in [0.1, 0.15) is 11.5 Å². The van der Waals surface area contributed by atoms with Crippen LogP contribution in [0.3, 0.4) is 0 Å². The summed E-state index contributed by atoms with van der Waals surface area (Å²) in [4.78, 5) is 27.6. The Morgan fingerprint density at radius 2 is 1.71 bits per heavy atom. The van der Waals surface area contributed by atoms with Crippen molar-refractivity contribution < 1.29 is 28.7 Å². The number of hydrogen-bond donors (Lipinski definition) is 1. The van der Waals surface area contributed by atoms with E-state index in [0.29, 0.717) is 34.3 Å². The van der Waals surface area contributed by atoms with Crippen molar-refractivity contribution in [1.82, 2.24) is 5.16 Å². The van der Waals surface area contributed by atoms with Crippen molar-refractivity contribution in [3.63, 3.8) is 0 Å². The van der Waals surface area contributed by atoms with Crippen LogP contribution in [0.4, 0.5) is 5.82 Å². The maximum absolute atomic E-state index is 13.2. The van der Waals surface area contributed by atoms with Crippen LogP contribution >= 0.6 is 0 Å². The number of aliphatic hydroxyl groups is 1. The molecule has 8 heteroatoms. The van der Waals surface area contributed by atoms with Gasteiger partial charge in [-0.1, -0.05) is 43.3 Å². The molecule has 1 aliphatic rings. The molecule has 1 N–H and O–H groups in total. The van der Waals surface area contributed by atoms with Crippen molar-refractivity contribution in [2.24, 2.45) is 0 Å². The van der Waals surface area contributed by atoms with Gasteiger partial charge in [-0.05, 0) is 42.2 Å². The second kappa shape index (κ2) is 9.05.